The number of hydrogen-bond donors (Lipinski definition) is 0. The molecule has 1 fully saturated rings. The monoisotopic (exact) mass is 224 g/mol. The quantitative estimate of drug-likeness (QED) is 0.754. The first-order chi connectivity index (χ1) is 7.72. The maximum absolute atomic E-state index is 5.01. The number of methoxy groups -OCH3 is 2. The minimum absolute atomic E-state index is 0.293. The summed E-state index contributed by atoms with van der Waals surface area (Å²) < 4.78 is 10.0. The molecule has 6 nitrogen and oxygen atoms in total. The second-order valence-electron chi connectivity index (χ2n) is 3.95. The molecule has 0 amide bonds. The van der Waals surface area contributed by atoms with E-state index in [1.54, 1.807) is 0 Å². The molecule has 0 bridgehead atoms. The summed E-state index contributed by atoms with van der Waals surface area (Å²) in [6.45, 7) is 4.16. The molecule has 1 atom stereocenters. The standard InChI is InChI=1S/C10H16N4O2/c1-7-4-5-14(6-7)8-11-9(15-2)13-10(12-8)16-3/h7H,4-6H2,1-3H3. The van der Waals surface area contributed by atoms with Gasteiger partial charge in [-0.1, -0.05) is 6.92 Å². The van der Waals surface area contributed by atoms with E-state index in [1.165, 1.54) is 14.2 Å². The summed E-state index contributed by atoms with van der Waals surface area (Å²) in [6, 6.07) is 0.586. The molecule has 1 unspecified atom stereocenters. The van der Waals surface area contributed by atoms with Crippen LogP contribution in [0.5, 0.6) is 12.0 Å². The second kappa shape index (κ2) is 4.51. The molecule has 0 aliphatic carbocycles. The maximum atomic E-state index is 5.01. The highest BCUT2D eigenvalue weighted by atomic mass is 16.5. The van der Waals surface area contributed by atoms with Gasteiger partial charge in [0, 0.05) is 13.1 Å². The lowest BCUT2D eigenvalue weighted by Crippen LogP contribution is -2.22. The third-order valence-corrected chi connectivity index (χ3v) is 2.65. The van der Waals surface area contributed by atoms with E-state index in [4.69, 9.17) is 9.47 Å². The Kier molecular flexibility index (Phi) is 3.07. The van der Waals surface area contributed by atoms with Gasteiger partial charge in [0.15, 0.2) is 0 Å². The molecule has 1 aliphatic rings. The van der Waals surface area contributed by atoms with Gasteiger partial charge in [-0.05, 0) is 12.3 Å². The molecule has 1 aromatic heterocycles. The predicted octanol–water partition coefficient (Wildman–Crippen LogP) is 0.735. The smallest absolute Gasteiger partial charge is 0.324 e. The van der Waals surface area contributed by atoms with Crippen LogP contribution in [0, 0.1) is 5.92 Å². The first-order valence-corrected chi connectivity index (χ1v) is 5.32. The SMILES string of the molecule is COc1nc(OC)nc(N2CCC(C)C2)n1. The van der Waals surface area contributed by atoms with Crippen molar-refractivity contribution in [1.29, 1.82) is 0 Å². The predicted molar refractivity (Wildman–Crippen MR) is 58.9 cm³/mol. The normalized spacial score (nSPS) is 19.9. The van der Waals surface area contributed by atoms with E-state index < -0.39 is 0 Å². The van der Waals surface area contributed by atoms with Crippen molar-refractivity contribution in [1.82, 2.24) is 15.0 Å². The van der Waals surface area contributed by atoms with Gasteiger partial charge >= 0.3 is 12.0 Å². The molecule has 1 aliphatic heterocycles. The van der Waals surface area contributed by atoms with Crippen molar-refractivity contribution < 1.29 is 9.47 Å². The van der Waals surface area contributed by atoms with Gasteiger partial charge in [-0.25, -0.2) is 0 Å². The number of nitrogens with zero attached hydrogens (tertiary/aromatic N) is 4. The summed E-state index contributed by atoms with van der Waals surface area (Å²) in [4.78, 5) is 14.5. The topological polar surface area (TPSA) is 60.4 Å². The number of anilines is 1. The lowest BCUT2D eigenvalue weighted by atomic mass is 10.2. The van der Waals surface area contributed by atoms with Crippen molar-refractivity contribution in [2.24, 2.45) is 5.92 Å². The minimum atomic E-state index is 0.293. The summed E-state index contributed by atoms with van der Waals surface area (Å²) in [7, 11) is 3.07. The van der Waals surface area contributed by atoms with Gasteiger partial charge in [0.1, 0.15) is 0 Å². The first kappa shape index (κ1) is 10.9. The van der Waals surface area contributed by atoms with Crippen LogP contribution < -0.4 is 14.4 Å². The third kappa shape index (κ3) is 2.15. The zero-order valence-electron chi connectivity index (χ0n) is 9.80. The van der Waals surface area contributed by atoms with Crippen LogP contribution in [0.25, 0.3) is 0 Å². The summed E-state index contributed by atoms with van der Waals surface area (Å²) in [5.74, 6) is 1.31. The maximum Gasteiger partial charge on any atom is 0.324 e. The van der Waals surface area contributed by atoms with E-state index in [0.29, 0.717) is 23.9 Å². The fourth-order valence-electron chi connectivity index (χ4n) is 1.77. The Hall–Kier alpha value is -1.59. The minimum Gasteiger partial charge on any atom is -0.467 e. The van der Waals surface area contributed by atoms with Crippen molar-refractivity contribution in [3.63, 3.8) is 0 Å². The molecular formula is C10H16N4O2. The van der Waals surface area contributed by atoms with Crippen molar-refractivity contribution in [2.75, 3.05) is 32.2 Å². The van der Waals surface area contributed by atoms with Gasteiger partial charge in [-0.3, -0.25) is 0 Å². The molecule has 2 rings (SSSR count). The largest absolute Gasteiger partial charge is 0.467 e. The Bertz CT molecular complexity index is 350. The zero-order valence-corrected chi connectivity index (χ0v) is 9.80. The van der Waals surface area contributed by atoms with Crippen molar-refractivity contribution in [2.45, 2.75) is 13.3 Å². The Morgan fingerprint density at radius 1 is 1.12 bits per heavy atom. The molecule has 0 N–H and O–H groups in total. The Morgan fingerprint density at radius 2 is 1.75 bits per heavy atom. The van der Waals surface area contributed by atoms with Crippen LogP contribution in [-0.4, -0.2) is 42.3 Å². The molecule has 0 aromatic carbocycles. The number of hydrogen-bond acceptors (Lipinski definition) is 6. The van der Waals surface area contributed by atoms with Gasteiger partial charge < -0.3 is 14.4 Å². The average Bonchev–Trinajstić information content (AvgIpc) is 2.75. The fourth-order valence-corrected chi connectivity index (χ4v) is 1.77. The van der Waals surface area contributed by atoms with Crippen LogP contribution in [0.1, 0.15) is 13.3 Å². The Labute approximate surface area is 94.6 Å². The van der Waals surface area contributed by atoms with E-state index in [-0.39, 0.29) is 0 Å². The molecule has 88 valence electrons. The van der Waals surface area contributed by atoms with Gasteiger partial charge in [0.2, 0.25) is 5.95 Å². The van der Waals surface area contributed by atoms with Gasteiger partial charge in [-0.2, -0.15) is 9.97 Å². The third-order valence-electron chi connectivity index (χ3n) is 2.65. The van der Waals surface area contributed by atoms with Crippen LogP contribution >= 0.6 is 0 Å². The Morgan fingerprint density at radius 3 is 2.19 bits per heavy atom. The molecule has 2 heterocycles. The molecular weight excluding hydrogens is 208 g/mol. The van der Waals surface area contributed by atoms with Gasteiger partial charge in [0.25, 0.3) is 0 Å². The molecule has 0 spiro atoms. The molecule has 16 heavy (non-hydrogen) atoms. The second-order valence-corrected chi connectivity index (χ2v) is 3.95. The molecule has 0 radical (unpaired) electrons. The van der Waals surface area contributed by atoms with Crippen molar-refractivity contribution >= 4 is 5.95 Å². The van der Waals surface area contributed by atoms with E-state index in [1.807, 2.05) is 0 Å². The highest BCUT2D eigenvalue weighted by Gasteiger charge is 2.22. The summed E-state index contributed by atoms with van der Waals surface area (Å²) in [6.07, 6.45) is 1.16. The van der Waals surface area contributed by atoms with Crippen molar-refractivity contribution in [3.05, 3.63) is 0 Å². The van der Waals surface area contributed by atoms with E-state index in [9.17, 15) is 0 Å². The number of rotatable bonds is 3. The van der Waals surface area contributed by atoms with Crippen LogP contribution in [0.15, 0.2) is 0 Å². The highest BCUT2D eigenvalue weighted by Crippen LogP contribution is 2.22. The highest BCUT2D eigenvalue weighted by molar-refractivity contribution is 5.33. The number of aromatic nitrogens is 3. The molecule has 0 saturated carbocycles. The van der Waals surface area contributed by atoms with Crippen LogP contribution in [0.3, 0.4) is 0 Å². The fraction of sp³-hybridized carbons (Fsp3) is 0.700. The molecule has 1 saturated heterocycles. The molecule has 1 aromatic rings. The van der Waals surface area contributed by atoms with E-state index >= 15 is 0 Å². The van der Waals surface area contributed by atoms with Gasteiger partial charge in [0.05, 0.1) is 14.2 Å². The average molecular weight is 224 g/mol. The summed E-state index contributed by atoms with van der Waals surface area (Å²) in [5, 5.41) is 0. The summed E-state index contributed by atoms with van der Waals surface area (Å²) in [5.41, 5.74) is 0. The van der Waals surface area contributed by atoms with E-state index in [2.05, 4.69) is 26.8 Å². The number of ether oxygens (including phenoxy) is 2. The van der Waals surface area contributed by atoms with Crippen LogP contribution in [0.2, 0.25) is 0 Å². The van der Waals surface area contributed by atoms with Gasteiger partial charge in [-0.15, -0.1) is 4.98 Å². The van der Waals surface area contributed by atoms with Crippen LogP contribution in [0.4, 0.5) is 5.95 Å². The first-order valence-electron chi connectivity index (χ1n) is 5.32. The Balaban J connectivity index is 2.25. The zero-order chi connectivity index (χ0) is 11.5. The lowest BCUT2D eigenvalue weighted by Gasteiger charge is -2.16. The molecule has 6 heteroatoms. The van der Waals surface area contributed by atoms with E-state index in [0.717, 1.165) is 19.5 Å². The van der Waals surface area contributed by atoms with Crippen molar-refractivity contribution in [3.8, 4) is 12.0 Å². The summed E-state index contributed by atoms with van der Waals surface area (Å²) >= 11 is 0. The lowest BCUT2D eigenvalue weighted by molar-refractivity contribution is 0.340. The van der Waals surface area contributed by atoms with Crippen LogP contribution in [-0.2, 0) is 0 Å².